The van der Waals surface area contributed by atoms with Gasteiger partial charge in [-0.25, -0.2) is 0 Å². The van der Waals surface area contributed by atoms with E-state index < -0.39 is 0 Å². The van der Waals surface area contributed by atoms with Crippen molar-refractivity contribution in [1.29, 1.82) is 0 Å². The highest BCUT2D eigenvalue weighted by Crippen LogP contribution is 2.25. The molecule has 2 saturated heterocycles. The molecule has 0 aromatic heterocycles. The molecule has 2 heterocycles. The van der Waals surface area contributed by atoms with E-state index in [1.807, 2.05) is 36.2 Å². The number of likely N-dealkylation sites (tertiary alicyclic amines) is 2. The molecule has 1 aromatic carbocycles. The predicted octanol–water partition coefficient (Wildman–Crippen LogP) is 1.53. The first-order valence-electron chi connectivity index (χ1n) is 8.94. The Bertz CT molecular complexity index is 623. The van der Waals surface area contributed by atoms with E-state index in [1.165, 1.54) is 0 Å². The van der Waals surface area contributed by atoms with Crippen LogP contribution in [0.1, 0.15) is 18.4 Å². The number of methoxy groups -OCH3 is 1. The van der Waals surface area contributed by atoms with E-state index >= 15 is 0 Å². The number of hydrogen-bond acceptors (Lipinski definition) is 4. The summed E-state index contributed by atoms with van der Waals surface area (Å²) in [6.07, 6.45) is 1.38. The van der Waals surface area contributed by atoms with Crippen LogP contribution in [0.15, 0.2) is 24.3 Å². The van der Waals surface area contributed by atoms with Crippen molar-refractivity contribution in [3.63, 3.8) is 0 Å². The molecule has 1 aromatic rings. The molecule has 0 radical (unpaired) electrons. The number of carbonyl (C=O) groups excluding carboxylic acids is 2. The van der Waals surface area contributed by atoms with Crippen LogP contribution in [0.5, 0.6) is 5.75 Å². The first-order chi connectivity index (χ1) is 12.1. The summed E-state index contributed by atoms with van der Waals surface area (Å²) in [7, 11) is 3.58. The van der Waals surface area contributed by atoms with Crippen molar-refractivity contribution in [1.82, 2.24) is 15.1 Å². The molecule has 6 nitrogen and oxygen atoms in total. The molecule has 7 heteroatoms. The van der Waals surface area contributed by atoms with Crippen molar-refractivity contribution in [2.75, 3.05) is 40.3 Å². The van der Waals surface area contributed by atoms with Crippen molar-refractivity contribution in [2.24, 2.45) is 11.8 Å². The fraction of sp³-hybridized carbons (Fsp3) is 0.579. The number of benzene rings is 1. The molecule has 2 aliphatic heterocycles. The van der Waals surface area contributed by atoms with Gasteiger partial charge < -0.3 is 19.9 Å². The van der Waals surface area contributed by atoms with Crippen LogP contribution >= 0.6 is 12.4 Å². The van der Waals surface area contributed by atoms with Gasteiger partial charge >= 0.3 is 0 Å². The maximum Gasteiger partial charge on any atom is 0.228 e. The lowest BCUT2D eigenvalue weighted by Crippen LogP contribution is -2.36. The molecule has 2 aliphatic rings. The molecule has 0 aliphatic carbocycles. The van der Waals surface area contributed by atoms with E-state index in [0.29, 0.717) is 25.4 Å². The number of rotatable bonds is 6. The standard InChI is InChI=1S/C19H27N3O3.ClH/c1-20-10-15-7-8-21(12-15)19(24)16-9-18(23)22(13-16)11-14-3-5-17(25-2)6-4-14;/h3-6,15-16,20H,7-13H2,1-2H3;1H. The van der Waals surface area contributed by atoms with Gasteiger partial charge in [0.2, 0.25) is 11.8 Å². The Hall–Kier alpha value is -1.79. The van der Waals surface area contributed by atoms with E-state index in [1.54, 1.807) is 12.0 Å². The largest absolute Gasteiger partial charge is 0.497 e. The normalized spacial score (nSPS) is 22.5. The van der Waals surface area contributed by atoms with Crippen LogP contribution in [0, 0.1) is 11.8 Å². The number of hydrogen-bond donors (Lipinski definition) is 1. The summed E-state index contributed by atoms with van der Waals surface area (Å²) in [5.41, 5.74) is 1.05. The van der Waals surface area contributed by atoms with Crippen LogP contribution in [-0.2, 0) is 16.1 Å². The van der Waals surface area contributed by atoms with Gasteiger partial charge in [-0.05, 0) is 43.6 Å². The highest BCUT2D eigenvalue weighted by molar-refractivity contribution is 5.89. The first kappa shape index (κ1) is 20.5. The fourth-order valence-corrected chi connectivity index (χ4v) is 3.79. The monoisotopic (exact) mass is 381 g/mol. The highest BCUT2D eigenvalue weighted by atomic mass is 35.5. The van der Waals surface area contributed by atoms with Gasteiger partial charge in [-0.3, -0.25) is 9.59 Å². The molecule has 1 N–H and O–H groups in total. The smallest absolute Gasteiger partial charge is 0.228 e. The first-order valence-corrected chi connectivity index (χ1v) is 8.94. The Morgan fingerprint density at radius 2 is 2.00 bits per heavy atom. The molecule has 2 atom stereocenters. The molecule has 2 amide bonds. The second-order valence-corrected chi connectivity index (χ2v) is 7.02. The topological polar surface area (TPSA) is 61.9 Å². The highest BCUT2D eigenvalue weighted by Gasteiger charge is 2.38. The van der Waals surface area contributed by atoms with Gasteiger partial charge in [-0.2, -0.15) is 0 Å². The lowest BCUT2D eigenvalue weighted by molar-refractivity contribution is -0.135. The maximum atomic E-state index is 12.7. The number of carbonyl (C=O) groups is 2. The SMILES string of the molecule is CNCC1CCN(C(=O)C2CC(=O)N(Cc3ccc(OC)cc3)C2)C1.Cl. The average molecular weight is 382 g/mol. The van der Waals surface area contributed by atoms with Crippen molar-refractivity contribution in [3.05, 3.63) is 29.8 Å². The maximum absolute atomic E-state index is 12.7. The Morgan fingerprint density at radius 1 is 1.27 bits per heavy atom. The summed E-state index contributed by atoms with van der Waals surface area (Å²) in [4.78, 5) is 28.8. The number of nitrogens with one attached hydrogen (secondary N) is 1. The molecule has 0 spiro atoms. The third-order valence-electron chi connectivity index (χ3n) is 5.19. The molecule has 144 valence electrons. The molecular formula is C19H28ClN3O3. The third kappa shape index (κ3) is 4.68. The molecule has 3 rings (SSSR count). The number of ether oxygens (including phenoxy) is 1. The average Bonchev–Trinajstić information content (AvgIpc) is 3.23. The fourth-order valence-electron chi connectivity index (χ4n) is 3.79. The van der Waals surface area contributed by atoms with E-state index in [-0.39, 0.29) is 30.1 Å². The summed E-state index contributed by atoms with van der Waals surface area (Å²) in [5, 5.41) is 3.18. The quantitative estimate of drug-likeness (QED) is 0.811. The third-order valence-corrected chi connectivity index (χ3v) is 5.19. The lowest BCUT2D eigenvalue weighted by Gasteiger charge is -2.21. The minimum absolute atomic E-state index is 0. The number of nitrogens with zero attached hydrogens (tertiary/aromatic N) is 2. The Kier molecular flexibility index (Phi) is 7.29. The summed E-state index contributed by atoms with van der Waals surface area (Å²) < 4.78 is 5.16. The lowest BCUT2D eigenvalue weighted by atomic mass is 10.1. The van der Waals surface area contributed by atoms with Gasteiger partial charge in [-0.15, -0.1) is 12.4 Å². The van der Waals surface area contributed by atoms with E-state index in [9.17, 15) is 9.59 Å². The zero-order valence-electron chi connectivity index (χ0n) is 15.4. The van der Waals surface area contributed by atoms with Gasteiger partial charge in [0.15, 0.2) is 0 Å². The van der Waals surface area contributed by atoms with Crippen LogP contribution in [0.3, 0.4) is 0 Å². The van der Waals surface area contributed by atoms with Crippen LogP contribution in [0.2, 0.25) is 0 Å². The van der Waals surface area contributed by atoms with Crippen LogP contribution in [-0.4, -0.2) is 62.0 Å². The van der Waals surface area contributed by atoms with E-state index in [0.717, 1.165) is 37.4 Å². The van der Waals surface area contributed by atoms with E-state index in [2.05, 4.69) is 5.32 Å². The zero-order valence-corrected chi connectivity index (χ0v) is 16.3. The van der Waals surface area contributed by atoms with Crippen LogP contribution in [0.25, 0.3) is 0 Å². The van der Waals surface area contributed by atoms with Crippen molar-refractivity contribution >= 4 is 24.2 Å². The number of halogens is 1. The minimum atomic E-state index is -0.195. The Morgan fingerprint density at radius 3 is 2.65 bits per heavy atom. The number of amides is 2. The van der Waals surface area contributed by atoms with Gasteiger partial charge in [0.25, 0.3) is 0 Å². The van der Waals surface area contributed by atoms with E-state index in [4.69, 9.17) is 4.74 Å². The summed E-state index contributed by atoms with van der Waals surface area (Å²) >= 11 is 0. The van der Waals surface area contributed by atoms with Gasteiger partial charge in [-0.1, -0.05) is 12.1 Å². The molecule has 2 unspecified atom stereocenters. The van der Waals surface area contributed by atoms with Crippen molar-refractivity contribution in [2.45, 2.75) is 19.4 Å². The Labute approximate surface area is 161 Å². The summed E-state index contributed by atoms with van der Waals surface area (Å²) in [6.45, 7) is 3.64. The summed E-state index contributed by atoms with van der Waals surface area (Å²) in [5.74, 6) is 1.35. The van der Waals surface area contributed by atoms with Crippen molar-refractivity contribution < 1.29 is 14.3 Å². The van der Waals surface area contributed by atoms with Gasteiger partial charge in [0, 0.05) is 32.6 Å². The molecule has 2 fully saturated rings. The second-order valence-electron chi connectivity index (χ2n) is 7.02. The minimum Gasteiger partial charge on any atom is -0.497 e. The molecule has 0 saturated carbocycles. The predicted molar refractivity (Wildman–Crippen MR) is 102 cm³/mol. The van der Waals surface area contributed by atoms with Gasteiger partial charge in [0.1, 0.15) is 5.75 Å². The molecular weight excluding hydrogens is 354 g/mol. The molecule has 26 heavy (non-hydrogen) atoms. The zero-order chi connectivity index (χ0) is 17.8. The van der Waals surface area contributed by atoms with Crippen molar-refractivity contribution in [3.8, 4) is 5.75 Å². The van der Waals surface area contributed by atoms with Crippen LogP contribution < -0.4 is 10.1 Å². The Balaban J connectivity index is 0.00000243. The van der Waals surface area contributed by atoms with Gasteiger partial charge in [0.05, 0.1) is 13.0 Å². The molecule has 0 bridgehead atoms. The second kappa shape index (κ2) is 9.24. The summed E-state index contributed by atoms with van der Waals surface area (Å²) in [6, 6.07) is 7.71. The van der Waals surface area contributed by atoms with Crippen LogP contribution in [0.4, 0.5) is 0 Å².